The van der Waals surface area contributed by atoms with Gasteiger partial charge in [-0.15, -0.1) is 0 Å². The molecule has 1 fully saturated rings. The number of aromatic nitrogens is 2. The van der Waals surface area contributed by atoms with Crippen molar-refractivity contribution in [2.24, 2.45) is 11.7 Å². The van der Waals surface area contributed by atoms with Crippen LogP contribution < -0.4 is 5.73 Å². The number of hydrogen-bond acceptors (Lipinski definition) is 3. The van der Waals surface area contributed by atoms with Crippen molar-refractivity contribution in [3.8, 4) is 0 Å². The van der Waals surface area contributed by atoms with Gasteiger partial charge in [0.05, 0.1) is 0 Å². The Balaban J connectivity index is 2.03. The second-order valence-electron chi connectivity index (χ2n) is 6.55. The Morgan fingerprint density at radius 1 is 1.25 bits per heavy atom. The minimum absolute atomic E-state index is 0.164. The summed E-state index contributed by atoms with van der Waals surface area (Å²) in [5, 5.41) is 0. The smallest absolute Gasteiger partial charge is 0.131 e. The maximum Gasteiger partial charge on any atom is 0.131 e. The molecule has 0 saturated heterocycles. The van der Waals surface area contributed by atoms with E-state index in [2.05, 4.69) is 24.9 Å². The van der Waals surface area contributed by atoms with Gasteiger partial charge in [0.15, 0.2) is 0 Å². The first-order chi connectivity index (χ1) is 9.58. The van der Waals surface area contributed by atoms with Gasteiger partial charge in [-0.3, -0.25) is 0 Å². The number of aryl methyl sites for hydroxylation is 1. The van der Waals surface area contributed by atoms with Crippen LogP contribution in [0.1, 0.15) is 75.5 Å². The van der Waals surface area contributed by atoms with Gasteiger partial charge in [0.2, 0.25) is 0 Å². The van der Waals surface area contributed by atoms with Crippen molar-refractivity contribution in [1.82, 2.24) is 9.97 Å². The van der Waals surface area contributed by atoms with Crippen molar-refractivity contribution in [2.45, 2.75) is 77.7 Å². The van der Waals surface area contributed by atoms with Crippen molar-refractivity contribution in [2.75, 3.05) is 0 Å². The lowest BCUT2D eigenvalue weighted by Gasteiger charge is -2.27. The number of rotatable bonds is 5. The molecule has 1 aromatic rings. The standard InChI is InChI=1S/C17H29N3/c1-4-5-14-6-8-15(9-7-14)17-19-13(3)11-16(20-17)10-12(2)18/h11-12,14-15H,4-10,18H2,1-3H3. The van der Waals surface area contributed by atoms with E-state index in [-0.39, 0.29) is 6.04 Å². The van der Waals surface area contributed by atoms with Crippen LogP contribution in [0.15, 0.2) is 6.07 Å². The van der Waals surface area contributed by atoms with E-state index in [0.717, 1.165) is 29.6 Å². The molecule has 0 amide bonds. The summed E-state index contributed by atoms with van der Waals surface area (Å²) in [5.41, 5.74) is 8.09. The molecule has 0 aromatic carbocycles. The van der Waals surface area contributed by atoms with E-state index in [1.165, 1.54) is 38.5 Å². The molecule has 1 aliphatic carbocycles. The highest BCUT2D eigenvalue weighted by molar-refractivity contribution is 5.13. The number of hydrogen-bond donors (Lipinski definition) is 1. The topological polar surface area (TPSA) is 51.8 Å². The van der Waals surface area contributed by atoms with Crippen LogP contribution in [-0.2, 0) is 6.42 Å². The predicted octanol–water partition coefficient (Wildman–Crippen LogP) is 3.75. The summed E-state index contributed by atoms with van der Waals surface area (Å²) >= 11 is 0. The molecule has 0 radical (unpaired) electrons. The van der Waals surface area contributed by atoms with Gasteiger partial charge < -0.3 is 5.73 Å². The molecule has 1 heterocycles. The van der Waals surface area contributed by atoms with E-state index in [1.54, 1.807) is 0 Å². The van der Waals surface area contributed by atoms with Crippen LogP contribution in [0.3, 0.4) is 0 Å². The zero-order valence-corrected chi connectivity index (χ0v) is 13.2. The van der Waals surface area contributed by atoms with Gasteiger partial charge in [0.1, 0.15) is 5.82 Å². The molecule has 3 nitrogen and oxygen atoms in total. The highest BCUT2D eigenvalue weighted by atomic mass is 14.9. The highest BCUT2D eigenvalue weighted by Gasteiger charge is 2.24. The van der Waals surface area contributed by atoms with Crippen molar-refractivity contribution < 1.29 is 0 Å². The van der Waals surface area contributed by atoms with Crippen LogP contribution in [0.4, 0.5) is 0 Å². The molecule has 0 bridgehead atoms. The molecule has 1 aromatic heterocycles. The first-order valence-corrected chi connectivity index (χ1v) is 8.18. The summed E-state index contributed by atoms with van der Waals surface area (Å²) in [6.45, 7) is 6.39. The molecule has 2 N–H and O–H groups in total. The molecule has 1 unspecified atom stereocenters. The highest BCUT2D eigenvalue weighted by Crippen LogP contribution is 2.36. The van der Waals surface area contributed by atoms with Gasteiger partial charge in [0, 0.05) is 29.8 Å². The average Bonchev–Trinajstić information content (AvgIpc) is 2.38. The SMILES string of the molecule is CCCC1CCC(c2nc(C)cc(CC(C)N)n2)CC1. The van der Waals surface area contributed by atoms with E-state index in [4.69, 9.17) is 10.7 Å². The normalized spacial score (nSPS) is 24.6. The monoisotopic (exact) mass is 275 g/mol. The molecule has 1 atom stereocenters. The third kappa shape index (κ3) is 4.27. The van der Waals surface area contributed by atoms with Gasteiger partial charge in [-0.2, -0.15) is 0 Å². The van der Waals surface area contributed by atoms with Crippen LogP contribution in [0, 0.1) is 12.8 Å². The third-order valence-corrected chi connectivity index (χ3v) is 4.36. The summed E-state index contributed by atoms with van der Waals surface area (Å²) in [7, 11) is 0. The van der Waals surface area contributed by atoms with Crippen molar-refractivity contribution >= 4 is 0 Å². The molecule has 0 aliphatic heterocycles. The first-order valence-electron chi connectivity index (χ1n) is 8.18. The lowest BCUT2D eigenvalue weighted by molar-refractivity contribution is 0.301. The second-order valence-corrected chi connectivity index (χ2v) is 6.55. The van der Waals surface area contributed by atoms with E-state index in [0.29, 0.717) is 5.92 Å². The van der Waals surface area contributed by atoms with Crippen molar-refractivity contribution in [1.29, 1.82) is 0 Å². The third-order valence-electron chi connectivity index (χ3n) is 4.36. The number of nitrogens with two attached hydrogens (primary N) is 1. The molecule has 2 rings (SSSR count). The number of nitrogens with zero attached hydrogens (tertiary/aromatic N) is 2. The summed E-state index contributed by atoms with van der Waals surface area (Å²) in [6, 6.07) is 2.24. The Morgan fingerprint density at radius 2 is 1.95 bits per heavy atom. The average molecular weight is 275 g/mol. The molecule has 1 aliphatic rings. The molecule has 20 heavy (non-hydrogen) atoms. The lowest BCUT2D eigenvalue weighted by Crippen LogP contribution is -2.20. The minimum atomic E-state index is 0.164. The summed E-state index contributed by atoms with van der Waals surface area (Å²) in [5.74, 6) is 2.56. The zero-order valence-electron chi connectivity index (χ0n) is 13.2. The van der Waals surface area contributed by atoms with Gasteiger partial charge in [-0.25, -0.2) is 9.97 Å². The van der Waals surface area contributed by atoms with Gasteiger partial charge in [0.25, 0.3) is 0 Å². The predicted molar refractivity (Wildman–Crippen MR) is 83.7 cm³/mol. The molecule has 1 saturated carbocycles. The van der Waals surface area contributed by atoms with E-state index >= 15 is 0 Å². The molecular formula is C17H29N3. The largest absolute Gasteiger partial charge is 0.328 e. The van der Waals surface area contributed by atoms with Crippen molar-refractivity contribution in [3.05, 3.63) is 23.3 Å². The molecule has 112 valence electrons. The maximum atomic E-state index is 5.89. The molecule has 0 spiro atoms. The Morgan fingerprint density at radius 3 is 2.55 bits per heavy atom. The Hall–Kier alpha value is -0.960. The Bertz CT molecular complexity index is 420. The fourth-order valence-corrected chi connectivity index (χ4v) is 3.39. The van der Waals surface area contributed by atoms with Crippen LogP contribution in [0.5, 0.6) is 0 Å². The lowest BCUT2D eigenvalue weighted by atomic mass is 9.79. The van der Waals surface area contributed by atoms with Crippen LogP contribution in [0.25, 0.3) is 0 Å². The fraction of sp³-hybridized carbons (Fsp3) is 0.765. The fourth-order valence-electron chi connectivity index (χ4n) is 3.39. The van der Waals surface area contributed by atoms with Gasteiger partial charge in [-0.1, -0.05) is 19.8 Å². The van der Waals surface area contributed by atoms with Crippen LogP contribution in [0.2, 0.25) is 0 Å². The zero-order chi connectivity index (χ0) is 14.5. The molecular weight excluding hydrogens is 246 g/mol. The van der Waals surface area contributed by atoms with E-state index in [1.807, 2.05) is 6.92 Å². The summed E-state index contributed by atoms with van der Waals surface area (Å²) < 4.78 is 0. The summed E-state index contributed by atoms with van der Waals surface area (Å²) in [4.78, 5) is 9.46. The Kier molecular flexibility index (Phi) is 5.53. The second kappa shape index (κ2) is 7.16. The van der Waals surface area contributed by atoms with Gasteiger partial charge in [-0.05, 0) is 51.5 Å². The van der Waals surface area contributed by atoms with Crippen LogP contribution in [-0.4, -0.2) is 16.0 Å². The van der Waals surface area contributed by atoms with E-state index < -0.39 is 0 Å². The van der Waals surface area contributed by atoms with Gasteiger partial charge >= 0.3 is 0 Å². The van der Waals surface area contributed by atoms with E-state index in [9.17, 15) is 0 Å². The maximum absolute atomic E-state index is 5.89. The summed E-state index contributed by atoms with van der Waals surface area (Å²) in [6.07, 6.45) is 8.75. The molecule has 3 heteroatoms. The Labute approximate surface area is 123 Å². The van der Waals surface area contributed by atoms with Crippen LogP contribution >= 0.6 is 0 Å². The quantitative estimate of drug-likeness (QED) is 0.890. The first kappa shape index (κ1) is 15.4. The minimum Gasteiger partial charge on any atom is -0.328 e. The van der Waals surface area contributed by atoms with Crippen molar-refractivity contribution in [3.63, 3.8) is 0 Å².